The van der Waals surface area contributed by atoms with Gasteiger partial charge in [-0.25, -0.2) is 4.79 Å². The third-order valence-corrected chi connectivity index (χ3v) is 5.25. The number of carboxylic acid groups (broad SMARTS) is 1. The molecule has 8 heteroatoms. The summed E-state index contributed by atoms with van der Waals surface area (Å²) in [6.45, 7) is 0. The molecule has 2 rings (SSSR count). The predicted octanol–water partition coefficient (Wildman–Crippen LogP) is 2.43. The topological polar surface area (TPSA) is 62.5 Å². The average Bonchev–Trinajstić information content (AvgIpc) is 2.97. The molecule has 0 aromatic carbocycles. The second-order valence-electron chi connectivity index (χ2n) is 4.73. The number of aliphatic carboxylic acids is 1. The van der Waals surface area contributed by atoms with Crippen molar-refractivity contribution >= 4 is 58.0 Å². The molecule has 118 valence electrons. The first kappa shape index (κ1) is 17.1. The van der Waals surface area contributed by atoms with Crippen molar-refractivity contribution < 1.29 is 14.7 Å². The molecule has 1 atom stereocenters. The Labute approximate surface area is 142 Å². The zero-order chi connectivity index (χ0) is 16.3. The maximum atomic E-state index is 12.5. The minimum absolute atomic E-state index is 0.305. The van der Waals surface area contributed by atoms with Gasteiger partial charge in [-0.15, -0.1) is 0 Å². The lowest BCUT2D eigenvalue weighted by Crippen LogP contribution is -2.44. The SMILES string of the molecule is CSCC[C@@H](C(=O)O)N1C(=O)/C(=C/c2cccn2C)SC1=S. The summed E-state index contributed by atoms with van der Waals surface area (Å²) < 4.78 is 2.19. The van der Waals surface area contributed by atoms with Gasteiger partial charge in [-0.1, -0.05) is 24.0 Å². The van der Waals surface area contributed by atoms with Crippen molar-refractivity contribution in [3.63, 3.8) is 0 Å². The van der Waals surface area contributed by atoms with Crippen molar-refractivity contribution in [3.8, 4) is 0 Å². The lowest BCUT2D eigenvalue weighted by molar-refractivity contribution is -0.145. The highest BCUT2D eigenvalue weighted by Crippen LogP contribution is 2.34. The fourth-order valence-corrected chi connectivity index (χ4v) is 3.90. The van der Waals surface area contributed by atoms with Crippen LogP contribution in [-0.4, -0.2) is 48.8 Å². The molecule has 1 aromatic heterocycles. The molecule has 0 radical (unpaired) electrons. The summed E-state index contributed by atoms with van der Waals surface area (Å²) in [7, 11) is 1.88. The first-order valence-corrected chi connectivity index (χ1v) is 9.17. The molecule has 1 N–H and O–H groups in total. The summed E-state index contributed by atoms with van der Waals surface area (Å²) in [5, 5.41) is 9.39. The van der Waals surface area contributed by atoms with Crippen molar-refractivity contribution in [1.82, 2.24) is 9.47 Å². The number of carbonyl (C=O) groups excluding carboxylic acids is 1. The Morgan fingerprint density at radius 3 is 2.86 bits per heavy atom. The molecular formula is C14H16N2O3S3. The van der Waals surface area contributed by atoms with E-state index in [1.807, 2.05) is 36.2 Å². The maximum Gasteiger partial charge on any atom is 0.326 e. The van der Waals surface area contributed by atoms with E-state index in [2.05, 4.69) is 0 Å². The minimum atomic E-state index is -1.02. The fraction of sp³-hybridized carbons (Fsp3) is 0.357. The molecule has 1 aliphatic rings. The standard InChI is InChI=1S/C14H16N2O3S3/c1-15-6-3-4-9(15)8-11-12(17)16(14(20)22-11)10(13(18)19)5-7-21-2/h3-4,6,8,10H,5,7H2,1-2H3,(H,18,19)/b11-8-/t10-/m0/s1. The van der Waals surface area contributed by atoms with E-state index in [9.17, 15) is 14.7 Å². The zero-order valence-electron chi connectivity index (χ0n) is 12.2. The van der Waals surface area contributed by atoms with Gasteiger partial charge >= 0.3 is 5.97 Å². The summed E-state index contributed by atoms with van der Waals surface area (Å²) in [5.41, 5.74) is 0.872. The van der Waals surface area contributed by atoms with Gasteiger partial charge in [0.2, 0.25) is 0 Å². The zero-order valence-corrected chi connectivity index (χ0v) is 14.6. The maximum absolute atomic E-state index is 12.5. The van der Waals surface area contributed by atoms with Crippen LogP contribution in [0.3, 0.4) is 0 Å². The van der Waals surface area contributed by atoms with Gasteiger partial charge in [-0.05, 0) is 36.6 Å². The lowest BCUT2D eigenvalue weighted by Gasteiger charge is -2.22. The van der Waals surface area contributed by atoms with Crippen molar-refractivity contribution in [2.24, 2.45) is 7.05 Å². The molecule has 0 spiro atoms. The monoisotopic (exact) mass is 356 g/mol. The van der Waals surface area contributed by atoms with Crippen molar-refractivity contribution in [2.45, 2.75) is 12.5 Å². The number of thioether (sulfide) groups is 2. The number of rotatable bonds is 6. The highest BCUT2D eigenvalue weighted by molar-refractivity contribution is 8.26. The Bertz CT molecular complexity index is 639. The molecule has 2 heterocycles. The molecule has 22 heavy (non-hydrogen) atoms. The van der Waals surface area contributed by atoms with Gasteiger partial charge in [-0.2, -0.15) is 11.8 Å². The summed E-state index contributed by atoms with van der Waals surface area (Å²) >= 11 is 7.92. The molecule has 1 aromatic rings. The van der Waals surface area contributed by atoms with E-state index < -0.39 is 12.0 Å². The molecule has 0 unspecified atom stereocenters. The van der Waals surface area contributed by atoms with Gasteiger partial charge in [0, 0.05) is 18.9 Å². The van der Waals surface area contributed by atoms with Crippen molar-refractivity contribution in [1.29, 1.82) is 0 Å². The van der Waals surface area contributed by atoms with Crippen LogP contribution in [0.1, 0.15) is 12.1 Å². The molecule has 0 bridgehead atoms. The Morgan fingerprint density at radius 2 is 2.32 bits per heavy atom. The Hall–Kier alpha value is -1.25. The van der Waals surface area contributed by atoms with Crippen LogP contribution in [0.4, 0.5) is 0 Å². The van der Waals surface area contributed by atoms with Gasteiger partial charge in [0.15, 0.2) is 0 Å². The predicted molar refractivity (Wildman–Crippen MR) is 94.8 cm³/mol. The summed E-state index contributed by atoms with van der Waals surface area (Å²) in [5.74, 6) is -0.694. The normalized spacial score (nSPS) is 18.3. The number of carbonyl (C=O) groups is 2. The summed E-state index contributed by atoms with van der Waals surface area (Å²) in [6.07, 6.45) is 5.90. The largest absolute Gasteiger partial charge is 0.480 e. The Kier molecular flexibility index (Phi) is 5.71. The first-order chi connectivity index (χ1) is 10.5. The molecule has 1 saturated heterocycles. The average molecular weight is 356 g/mol. The van der Waals surface area contributed by atoms with Crippen LogP contribution < -0.4 is 0 Å². The molecule has 1 amide bonds. The molecule has 0 aliphatic carbocycles. The second kappa shape index (κ2) is 7.34. The Morgan fingerprint density at radius 1 is 1.59 bits per heavy atom. The number of aromatic nitrogens is 1. The summed E-state index contributed by atoms with van der Waals surface area (Å²) in [4.78, 5) is 25.7. The highest BCUT2D eigenvalue weighted by Gasteiger charge is 2.40. The number of aryl methyl sites for hydroxylation is 1. The van der Waals surface area contributed by atoms with Crippen LogP contribution in [0.2, 0.25) is 0 Å². The molecule has 1 aliphatic heterocycles. The second-order valence-corrected chi connectivity index (χ2v) is 7.39. The summed E-state index contributed by atoms with van der Waals surface area (Å²) in [6, 6.07) is 2.86. The number of amides is 1. The Balaban J connectivity index is 2.26. The van der Waals surface area contributed by atoms with E-state index in [0.717, 1.165) is 17.5 Å². The number of thiocarbonyl (C=S) groups is 1. The minimum Gasteiger partial charge on any atom is -0.480 e. The van der Waals surface area contributed by atoms with Crippen molar-refractivity contribution in [3.05, 3.63) is 28.9 Å². The number of hydrogen-bond acceptors (Lipinski definition) is 5. The molecular weight excluding hydrogens is 340 g/mol. The molecule has 0 saturated carbocycles. The number of carboxylic acids is 1. The van der Waals surface area contributed by atoms with Gasteiger partial charge < -0.3 is 9.67 Å². The van der Waals surface area contributed by atoms with E-state index in [0.29, 0.717) is 21.4 Å². The molecule has 1 fully saturated rings. The van der Waals surface area contributed by atoms with Gasteiger partial charge in [0.1, 0.15) is 10.4 Å². The highest BCUT2D eigenvalue weighted by atomic mass is 32.2. The third-order valence-electron chi connectivity index (χ3n) is 3.28. The smallest absolute Gasteiger partial charge is 0.326 e. The van der Waals surface area contributed by atoms with Crippen molar-refractivity contribution in [2.75, 3.05) is 12.0 Å². The third kappa shape index (κ3) is 3.56. The van der Waals surface area contributed by atoms with Crippen LogP contribution in [0, 0.1) is 0 Å². The van der Waals surface area contributed by atoms with Gasteiger partial charge in [-0.3, -0.25) is 9.69 Å². The van der Waals surface area contributed by atoms with Crippen LogP contribution >= 0.6 is 35.7 Å². The van der Waals surface area contributed by atoms with Crippen LogP contribution in [0.5, 0.6) is 0 Å². The van der Waals surface area contributed by atoms with Gasteiger partial charge in [0.25, 0.3) is 5.91 Å². The van der Waals surface area contributed by atoms with E-state index in [1.54, 1.807) is 17.8 Å². The quantitative estimate of drug-likeness (QED) is 0.624. The van der Waals surface area contributed by atoms with E-state index in [1.165, 1.54) is 4.90 Å². The van der Waals surface area contributed by atoms with Gasteiger partial charge in [0.05, 0.1) is 4.91 Å². The number of nitrogens with zero attached hydrogens (tertiary/aromatic N) is 2. The van der Waals surface area contributed by atoms with Crippen LogP contribution in [0.15, 0.2) is 23.2 Å². The first-order valence-electron chi connectivity index (χ1n) is 6.56. The van der Waals surface area contributed by atoms with E-state index in [-0.39, 0.29) is 5.91 Å². The number of hydrogen-bond donors (Lipinski definition) is 1. The van der Waals surface area contributed by atoms with E-state index in [4.69, 9.17) is 12.2 Å². The van der Waals surface area contributed by atoms with E-state index >= 15 is 0 Å². The lowest BCUT2D eigenvalue weighted by atomic mass is 10.2. The van der Waals surface area contributed by atoms with Crippen LogP contribution in [0.25, 0.3) is 6.08 Å². The fourth-order valence-electron chi connectivity index (χ4n) is 2.10. The molecule has 5 nitrogen and oxygen atoms in total. The van der Waals surface area contributed by atoms with Crippen LogP contribution in [-0.2, 0) is 16.6 Å².